The summed E-state index contributed by atoms with van der Waals surface area (Å²) in [7, 11) is 0. The van der Waals surface area contributed by atoms with E-state index in [1.165, 1.54) is 24.9 Å². The molecule has 1 amide bonds. The summed E-state index contributed by atoms with van der Waals surface area (Å²) in [5.41, 5.74) is 4.11. The molecule has 0 radical (unpaired) electrons. The van der Waals surface area contributed by atoms with Crippen molar-refractivity contribution in [1.82, 2.24) is 10.2 Å². The number of carbonyl (C=O) groups is 1. The van der Waals surface area contributed by atoms with E-state index < -0.39 is 0 Å². The maximum Gasteiger partial charge on any atom is 0.251 e. The normalized spacial score (nSPS) is 22.1. The van der Waals surface area contributed by atoms with Gasteiger partial charge in [0.25, 0.3) is 5.91 Å². The highest BCUT2D eigenvalue weighted by atomic mass is 16.5. The fourth-order valence-corrected chi connectivity index (χ4v) is 4.35. The van der Waals surface area contributed by atoms with Crippen LogP contribution >= 0.6 is 0 Å². The summed E-state index contributed by atoms with van der Waals surface area (Å²) in [6.45, 7) is 6.84. The van der Waals surface area contributed by atoms with E-state index in [9.17, 15) is 4.79 Å². The summed E-state index contributed by atoms with van der Waals surface area (Å²) in [4.78, 5) is 14.7. The summed E-state index contributed by atoms with van der Waals surface area (Å²) >= 11 is 0. The van der Waals surface area contributed by atoms with Gasteiger partial charge in [-0.05, 0) is 74.5 Å². The van der Waals surface area contributed by atoms with E-state index in [0.717, 1.165) is 29.9 Å². The van der Waals surface area contributed by atoms with E-state index in [1.54, 1.807) is 0 Å². The molecule has 142 valence electrons. The van der Waals surface area contributed by atoms with Gasteiger partial charge in [-0.2, -0.15) is 0 Å². The lowest BCUT2D eigenvalue weighted by Crippen LogP contribution is -2.44. The standard InChI is InChI=1S/C23H28N2O2/c1-3-24-23(26)20-8-4-7-17(12-20)18-9-10-19-13-21(15-27-22(19)14-18)25-11-5-6-16(25)2/h4,7-10,12,14,16,21H,3,5-6,11,13,15H2,1-2H3,(H,24,26)/t16-,21?/m1/s1. The fourth-order valence-electron chi connectivity index (χ4n) is 4.35. The first-order valence-electron chi connectivity index (χ1n) is 10.1. The minimum atomic E-state index is -0.0314. The van der Waals surface area contributed by atoms with E-state index in [1.807, 2.05) is 31.2 Å². The highest BCUT2D eigenvalue weighted by Crippen LogP contribution is 2.33. The molecule has 27 heavy (non-hydrogen) atoms. The predicted molar refractivity (Wildman–Crippen MR) is 108 cm³/mol. The maximum atomic E-state index is 12.1. The number of nitrogens with zero attached hydrogens (tertiary/aromatic N) is 1. The van der Waals surface area contributed by atoms with Crippen LogP contribution in [0.2, 0.25) is 0 Å². The minimum absolute atomic E-state index is 0.0314. The average Bonchev–Trinajstić information content (AvgIpc) is 3.13. The highest BCUT2D eigenvalue weighted by Gasteiger charge is 2.31. The van der Waals surface area contributed by atoms with Gasteiger partial charge in [0.05, 0.1) is 0 Å². The Morgan fingerprint density at radius 1 is 1.22 bits per heavy atom. The van der Waals surface area contributed by atoms with Gasteiger partial charge in [0.2, 0.25) is 0 Å². The maximum absolute atomic E-state index is 12.1. The van der Waals surface area contributed by atoms with Crippen LogP contribution in [0.4, 0.5) is 0 Å². The molecule has 2 aliphatic rings. The lowest BCUT2D eigenvalue weighted by Gasteiger charge is -2.35. The van der Waals surface area contributed by atoms with Crippen LogP contribution in [0.15, 0.2) is 42.5 Å². The molecule has 1 saturated heterocycles. The second-order valence-electron chi connectivity index (χ2n) is 7.66. The molecular weight excluding hydrogens is 336 g/mol. The van der Waals surface area contributed by atoms with Crippen LogP contribution in [-0.4, -0.2) is 42.6 Å². The van der Waals surface area contributed by atoms with Crippen molar-refractivity contribution in [1.29, 1.82) is 0 Å². The smallest absolute Gasteiger partial charge is 0.251 e. The van der Waals surface area contributed by atoms with Gasteiger partial charge in [0, 0.05) is 24.2 Å². The van der Waals surface area contributed by atoms with Crippen LogP contribution < -0.4 is 10.1 Å². The molecule has 2 atom stereocenters. The van der Waals surface area contributed by atoms with Gasteiger partial charge >= 0.3 is 0 Å². The first kappa shape index (κ1) is 18.1. The number of hydrogen-bond acceptors (Lipinski definition) is 3. The zero-order valence-electron chi connectivity index (χ0n) is 16.2. The van der Waals surface area contributed by atoms with E-state index in [-0.39, 0.29) is 5.91 Å². The molecule has 4 heteroatoms. The second kappa shape index (κ2) is 7.73. The summed E-state index contributed by atoms with van der Waals surface area (Å²) in [5.74, 6) is 0.954. The van der Waals surface area contributed by atoms with Gasteiger partial charge < -0.3 is 10.1 Å². The van der Waals surface area contributed by atoms with Gasteiger partial charge in [-0.3, -0.25) is 9.69 Å². The zero-order chi connectivity index (χ0) is 18.8. The van der Waals surface area contributed by atoms with Gasteiger partial charge in [0.15, 0.2) is 0 Å². The molecule has 1 fully saturated rings. The first-order chi connectivity index (χ1) is 13.2. The Bertz CT molecular complexity index is 833. The SMILES string of the molecule is CCNC(=O)c1cccc(-c2ccc3c(c2)OCC(N2CCC[C@H]2C)C3)c1. The summed E-state index contributed by atoms with van der Waals surface area (Å²) in [6, 6.07) is 15.4. The molecule has 4 nitrogen and oxygen atoms in total. The fraction of sp³-hybridized carbons (Fsp3) is 0.435. The summed E-state index contributed by atoms with van der Waals surface area (Å²) < 4.78 is 6.15. The Kier molecular flexibility index (Phi) is 5.17. The van der Waals surface area contributed by atoms with Crippen LogP contribution in [0.5, 0.6) is 5.75 Å². The summed E-state index contributed by atoms with van der Waals surface area (Å²) in [6.07, 6.45) is 3.65. The van der Waals surface area contributed by atoms with Gasteiger partial charge in [-0.1, -0.05) is 24.3 Å². The number of benzene rings is 2. The first-order valence-corrected chi connectivity index (χ1v) is 10.1. The van der Waals surface area contributed by atoms with Crippen molar-refractivity contribution in [3.05, 3.63) is 53.6 Å². The van der Waals surface area contributed by atoms with Gasteiger partial charge in [0.1, 0.15) is 12.4 Å². The molecule has 2 heterocycles. The third-order valence-corrected chi connectivity index (χ3v) is 5.82. The van der Waals surface area contributed by atoms with Crippen LogP contribution in [-0.2, 0) is 6.42 Å². The average molecular weight is 364 g/mol. The van der Waals surface area contributed by atoms with Crippen LogP contribution in [0.1, 0.15) is 42.6 Å². The van der Waals surface area contributed by atoms with Crippen LogP contribution in [0, 0.1) is 0 Å². The number of nitrogens with one attached hydrogen (secondary N) is 1. The molecule has 0 bridgehead atoms. The quantitative estimate of drug-likeness (QED) is 0.895. The molecule has 1 unspecified atom stereocenters. The van der Waals surface area contributed by atoms with E-state index in [2.05, 4.69) is 35.3 Å². The Labute approximate surface area is 161 Å². The highest BCUT2D eigenvalue weighted by molar-refractivity contribution is 5.95. The monoisotopic (exact) mass is 364 g/mol. The topological polar surface area (TPSA) is 41.6 Å². The molecule has 1 N–H and O–H groups in total. The third-order valence-electron chi connectivity index (χ3n) is 5.82. The lowest BCUT2D eigenvalue weighted by molar-refractivity contribution is 0.0956. The molecule has 0 saturated carbocycles. The number of likely N-dealkylation sites (tertiary alicyclic amines) is 1. The minimum Gasteiger partial charge on any atom is -0.492 e. The third kappa shape index (κ3) is 3.72. The Morgan fingerprint density at radius 3 is 2.85 bits per heavy atom. The molecule has 0 aliphatic carbocycles. The molecule has 2 aromatic carbocycles. The molecule has 0 spiro atoms. The number of carbonyl (C=O) groups excluding carboxylic acids is 1. The van der Waals surface area contributed by atoms with Crippen molar-refractivity contribution >= 4 is 5.91 Å². The van der Waals surface area contributed by atoms with Gasteiger partial charge in [-0.25, -0.2) is 0 Å². The van der Waals surface area contributed by atoms with E-state index in [4.69, 9.17) is 4.74 Å². The van der Waals surface area contributed by atoms with Crippen molar-refractivity contribution in [3.8, 4) is 16.9 Å². The van der Waals surface area contributed by atoms with Crippen molar-refractivity contribution in [2.45, 2.75) is 45.2 Å². The number of hydrogen-bond donors (Lipinski definition) is 1. The Balaban J connectivity index is 1.54. The molecule has 0 aromatic heterocycles. The molecule has 2 aliphatic heterocycles. The van der Waals surface area contributed by atoms with Crippen molar-refractivity contribution in [2.75, 3.05) is 19.7 Å². The molecule has 4 rings (SSSR count). The molecular formula is C23H28N2O2. The van der Waals surface area contributed by atoms with E-state index >= 15 is 0 Å². The van der Waals surface area contributed by atoms with E-state index in [0.29, 0.717) is 24.2 Å². The number of fused-ring (bicyclic) bond motifs is 1. The van der Waals surface area contributed by atoms with Crippen LogP contribution in [0.3, 0.4) is 0 Å². The van der Waals surface area contributed by atoms with Crippen LogP contribution in [0.25, 0.3) is 11.1 Å². The van der Waals surface area contributed by atoms with Gasteiger partial charge in [-0.15, -0.1) is 0 Å². The number of ether oxygens (including phenoxy) is 1. The number of amides is 1. The second-order valence-corrected chi connectivity index (χ2v) is 7.66. The molecule has 2 aromatic rings. The zero-order valence-corrected chi connectivity index (χ0v) is 16.2. The Morgan fingerprint density at radius 2 is 2.07 bits per heavy atom. The van der Waals surface area contributed by atoms with Crippen molar-refractivity contribution in [2.24, 2.45) is 0 Å². The lowest BCUT2D eigenvalue weighted by atomic mass is 9.96. The largest absolute Gasteiger partial charge is 0.492 e. The van der Waals surface area contributed by atoms with Crippen molar-refractivity contribution < 1.29 is 9.53 Å². The van der Waals surface area contributed by atoms with Crippen molar-refractivity contribution in [3.63, 3.8) is 0 Å². The Hall–Kier alpha value is -2.33. The number of rotatable bonds is 4. The summed E-state index contributed by atoms with van der Waals surface area (Å²) in [5, 5.41) is 2.86. The predicted octanol–water partition coefficient (Wildman–Crippen LogP) is 3.89.